The minimum absolute atomic E-state index is 0.0136. The van der Waals surface area contributed by atoms with E-state index in [9.17, 15) is 13.2 Å². The van der Waals surface area contributed by atoms with Gasteiger partial charge in [0.2, 0.25) is 5.95 Å². The molecule has 2 rings (SSSR count). The van der Waals surface area contributed by atoms with Crippen LogP contribution in [0.4, 0.5) is 24.9 Å². The number of nitrogens with one attached hydrogen (secondary N) is 2. The molecule has 0 aliphatic rings. The molecule has 0 aliphatic heterocycles. The van der Waals surface area contributed by atoms with Crippen LogP contribution in [-0.2, 0) is 12.7 Å². The quantitative estimate of drug-likeness (QED) is 0.846. The fourth-order valence-electron chi connectivity index (χ4n) is 1.59. The number of rotatable bonds is 6. The van der Waals surface area contributed by atoms with E-state index in [4.69, 9.17) is 0 Å². The molecule has 2 aromatic rings. The summed E-state index contributed by atoms with van der Waals surface area (Å²) in [5.41, 5.74) is -0.954. The van der Waals surface area contributed by atoms with Gasteiger partial charge in [0.1, 0.15) is 5.82 Å². The van der Waals surface area contributed by atoms with Gasteiger partial charge in [-0.1, -0.05) is 13.0 Å². The van der Waals surface area contributed by atoms with Crippen LogP contribution in [0.2, 0.25) is 0 Å². The zero-order chi connectivity index (χ0) is 15.3. The number of thiophene rings is 1. The van der Waals surface area contributed by atoms with Crippen LogP contribution in [0, 0.1) is 0 Å². The Bertz CT molecular complexity index is 569. The summed E-state index contributed by atoms with van der Waals surface area (Å²) < 4.78 is 38.5. The maximum Gasteiger partial charge on any atom is 0.433 e. The molecule has 0 unspecified atom stereocenters. The summed E-state index contributed by atoms with van der Waals surface area (Å²) in [4.78, 5) is 8.58. The van der Waals surface area contributed by atoms with Gasteiger partial charge in [-0.05, 0) is 17.9 Å². The molecule has 0 spiro atoms. The highest BCUT2D eigenvalue weighted by Gasteiger charge is 2.33. The second-order valence-electron chi connectivity index (χ2n) is 4.32. The molecule has 21 heavy (non-hydrogen) atoms. The van der Waals surface area contributed by atoms with Gasteiger partial charge in [-0.3, -0.25) is 0 Å². The van der Waals surface area contributed by atoms with E-state index in [1.165, 1.54) is 11.3 Å². The lowest BCUT2D eigenvalue weighted by Gasteiger charge is -2.12. The number of nitrogens with zero attached hydrogens (tertiary/aromatic N) is 2. The van der Waals surface area contributed by atoms with Crippen molar-refractivity contribution < 1.29 is 13.2 Å². The van der Waals surface area contributed by atoms with Crippen LogP contribution in [0.15, 0.2) is 23.6 Å². The van der Waals surface area contributed by atoms with Crippen molar-refractivity contribution >= 4 is 23.1 Å². The second kappa shape index (κ2) is 6.75. The van der Waals surface area contributed by atoms with E-state index in [1.54, 1.807) is 0 Å². The molecule has 4 nitrogen and oxygen atoms in total. The predicted octanol–water partition coefficient (Wildman–Crippen LogP) is 3.99. The van der Waals surface area contributed by atoms with Crippen molar-refractivity contribution in [1.82, 2.24) is 9.97 Å². The summed E-state index contributed by atoms with van der Waals surface area (Å²) in [5.74, 6) is 0.143. The Labute approximate surface area is 124 Å². The lowest BCUT2D eigenvalue weighted by atomic mass is 10.3. The summed E-state index contributed by atoms with van der Waals surface area (Å²) >= 11 is 1.53. The average Bonchev–Trinajstić information content (AvgIpc) is 2.95. The first-order valence-electron chi connectivity index (χ1n) is 6.45. The van der Waals surface area contributed by atoms with Crippen LogP contribution in [-0.4, -0.2) is 16.5 Å². The molecule has 0 bridgehead atoms. The smallest absolute Gasteiger partial charge is 0.365 e. The number of alkyl halides is 3. The molecule has 2 N–H and O–H groups in total. The fraction of sp³-hybridized carbons (Fsp3) is 0.385. The van der Waals surface area contributed by atoms with E-state index in [-0.39, 0.29) is 11.8 Å². The molecule has 0 saturated carbocycles. The highest BCUT2D eigenvalue weighted by Crippen LogP contribution is 2.29. The third-order valence-corrected chi connectivity index (χ3v) is 3.45. The number of hydrogen-bond donors (Lipinski definition) is 2. The van der Waals surface area contributed by atoms with Crippen LogP contribution in [0.25, 0.3) is 0 Å². The zero-order valence-corrected chi connectivity index (χ0v) is 12.2. The number of hydrogen-bond acceptors (Lipinski definition) is 5. The molecule has 2 aromatic heterocycles. The number of aromatic nitrogens is 2. The van der Waals surface area contributed by atoms with Crippen LogP contribution >= 0.6 is 11.3 Å². The standard InChI is InChI=1S/C13H15F3N4S/c1-2-5-17-12-19-10(13(14,15)16)7-11(20-12)18-8-9-4-3-6-21-9/h3-4,6-7H,2,5,8H2,1H3,(H2,17,18,19,20). The van der Waals surface area contributed by atoms with Gasteiger partial charge in [0, 0.05) is 17.5 Å². The second-order valence-corrected chi connectivity index (χ2v) is 5.35. The number of halogens is 3. The first-order valence-corrected chi connectivity index (χ1v) is 7.33. The van der Waals surface area contributed by atoms with Gasteiger partial charge in [0.15, 0.2) is 5.69 Å². The van der Waals surface area contributed by atoms with Crippen LogP contribution in [0.5, 0.6) is 0 Å². The zero-order valence-electron chi connectivity index (χ0n) is 11.4. The van der Waals surface area contributed by atoms with Gasteiger partial charge in [-0.2, -0.15) is 18.2 Å². The van der Waals surface area contributed by atoms with Gasteiger partial charge >= 0.3 is 6.18 Å². The Morgan fingerprint density at radius 1 is 1.24 bits per heavy atom. The minimum Gasteiger partial charge on any atom is -0.365 e. The monoisotopic (exact) mass is 316 g/mol. The largest absolute Gasteiger partial charge is 0.433 e. The number of anilines is 2. The Morgan fingerprint density at radius 3 is 2.67 bits per heavy atom. The Balaban J connectivity index is 2.17. The third-order valence-electron chi connectivity index (χ3n) is 2.57. The van der Waals surface area contributed by atoms with E-state index < -0.39 is 11.9 Å². The van der Waals surface area contributed by atoms with E-state index in [1.807, 2.05) is 24.4 Å². The van der Waals surface area contributed by atoms with Crippen molar-refractivity contribution in [3.8, 4) is 0 Å². The lowest BCUT2D eigenvalue weighted by molar-refractivity contribution is -0.141. The van der Waals surface area contributed by atoms with Gasteiger partial charge in [0.25, 0.3) is 0 Å². The summed E-state index contributed by atoms with van der Waals surface area (Å²) in [7, 11) is 0. The summed E-state index contributed by atoms with van der Waals surface area (Å²) in [5, 5.41) is 7.59. The summed E-state index contributed by atoms with van der Waals surface area (Å²) in [6.07, 6.45) is -3.72. The van der Waals surface area contributed by atoms with Crippen LogP contribution < -0.4 is 10.6 Å². The third kappa shape index (κ3) is 4.59. The van der Waals surface area contributed by atoms with Gasteiger partial charge in [0.05, 0.1) is 6.54 Å². The van der Waals surface area contributed by atoms with E-state index in [2.05, 4.69) is 20.6 Å². The molecule has 0 amide bonds. The van der Waals surface area contributed by atoms with Gasteiger partial charge in [-0.15, -0.1) is 11.3 Å². The fourth-order valence-corrected chi connectivity index (χ4v) is 2.23. The SMILES string of the molecule is CCCNc1nc(NCc2cccs2)cc(C(F)(F)F)n1. The van der Waals surface area contributed by atoms with Crippen molar-refractivity contribution in [3.05, 3.63) is 34.2 Å². The Morgan fingerprint density at radius 2 is 2.05 bits per heavy atom. The Kier molecular flexibility index (Phi) is 5.00. The van der Waals surface area contributed by atoms with Crippen molar-refractivity contribution in [1.29, 1.82) is 0 Å². The molecule has 0 aromatic carbocycles. The van der Waals surface area contributed by atoms with Crippen molar-refractivity contribution in [2.45, 2.75) is 26.1 Å². The first-order chi connectivity index (χ1) is 9.99. The summed E-state index contributed by atoms with van der Waals surface area (Å²) in [6, 6.07) is 4.71. The lowest BCUT2D eigenvalue weighted by Crippen LogP contribution is -2.14. The predicted molar refractivity (Wildman–Crippen MR) is 77.5 cm³/mol. The molecule has 0 fully saturated rings. The first kappa shape index (κ1) is 15.6. The minimum atomic E-state index is -4.50. The van der Waals surface area contributed by atoms with Crippen molar-refractivity contribution in [3.63, 3.8) is 0 Å². The average molecular weight is 316 g/mol. The van der Waals surface area contributed by atoms with Crippen molar-refractivity contribution in [2.24, 2.45) is 0 Å². The van der Waals surface area contributed by atoms with E-state index in [0.29, 0.717) is 13.1 Å². The Hall–Kier alpha value is -1.83. The highest BCUT2D eigenvalue weighted by atomic mass is 32.1. The molecular formula is C13H15F3N4S. The van der Waals surface area contributed by atoms with Crippen LogP contribution in [0.1, 0.15) is 23.9 Å². The molecule has 0 saturated heterocycles. The van der Waals surface area contributed by atoms with Crippen LogP contribution in [0.3, 0.4) is 0 Å². The van der Waals surface area contributed by atoms with Crippen molar-refractivity contribution in [2.75, 3.05) is 17.2 Å². The normalized spacial score (nSPS) is 11.4. The maximum atomic E-state index is 12.8. The molecular weight excluding hydrogens is 301 g/mol. The van der Waals surface area contributed by atoms with E-state index >= 15 is 0 Å². The highest BCUT2D eigenvalue weighted by molar-refractivity contribution is 7.09. The molecule has 0 radical (unpaired) electrons. The van der Waals surface area contributed by atoms with Gasteiger partial charge in [-0.25, -0.2) is 4.98 Å². The topological polar surface area (TPSA) is 49.8 Å². The molecule has 0 atom stereocenters. The van der Waals surface area contributed by atoms with Gasteiger partial charge < -0.3 is 10.6 Å². The van der Waals surface area contributed by atoms with E-state index in [0.717, 1.165) is 17.4 Å². The molecule has 8 heteroatoms. The molecule has 0 aliphatic carbocycles. The maximum absolute atomic E-state index is 12.8. The summed E-state index contributed by atoms with van der Waals surface area (Å²) in [6.45, 7) is 2.86. The molecule has 114 valence electrons. The molecule has 2 heterocycles.